The van der Waals surface area contributed by atoms with Gasteiger partial charge in [-0.3, -0.25) is 0 Å². The maximum atomic E-state index is 12.2. The minimum absolute atomic E-state index is 0.307. The first-order valence-electron chi connectivity index (χ1n) is 7.46. The summed E-state index contributed by atoms with van der Waals surface area (Å²) in [6.45, 7) is 0. The lowest BCUT2D eigenvalue weighted by Gasteiger charge is -2.09. The second kappa shape index (κ2) is 7.15. The van der Waals surface area contributed by atoms with Crippen molar-refractivity contribution in [1.82, 2.24) is 0 Å². The second-order valence-corrected chi connectivity index (χ2v) is 6.58. The van der Waals surface area contributed by atoms with Crippen molar-refractivity contribution in [1.29, 1.82) is 0 Å². The molecule has 0 amide bonds. The summed E-state index contributed by atoms with van der Waals surface area (Å²) in [6.07, 6.45) is 1.51. The molecule has 3 rings (SSSR count). The highest BCUT2D eigenvalue weighted by Crippen LogP contribution is 2.30. The molecule has 0 aliphatic carbocycles. The molecule has 0 unspecified atom stereocenters. The van der Waals surface area contributed by atoms with Crippen molar-refractivity contribution in [2.75, 3.05) is 0 Å². The van der Waals surface area contributed by atoms with E-state index in [4.69, 9.17) is 4.18 Å². The van der Waals surface area contributed by atoms with Crippen molar-refractivity contribution in [2.45, 2.75) is 0 Å². The van der Waals surface area contributed by atoms with E-state index >= 15 is 0 Å². The van der Waals surface area contributed by atoms with Gasteiger partial charge in [0.2, 0.25) is 0 Å². The van der Waals surface area contributed by atoms with Crippen LogP contribution in [-0.4, -0.2) is 8.42 Å². The van der Waals surface area contributed by atoms with Crippen LogP contribution in [0.4, 0.5) is 0 Å². The summed E-state index contributed by atoms with van der Waals surface area (Å²) in [6, 6.07) is 25.8. The summed E-state index contributed by atoms with van der Waals surface area (Å²) in [4.78, 5) is 0. The summed E-state index contributed by atoms with van der Waals surface area (Å²) < 4.78 is 29.8. The van der Waals surface area contributed by atoms with Gasteiger partial charge >= 0.3 is 10.1 Å². The average molecular weight is 336 g/mol. The smallest absolute Gasteiger partial charge is 0.332 e. The van der Waals surface area contributed by atoms with Gasteiger partial charge in [-0.2, -0.15) is 8.42 Å². The van der Waals surface area contributed by atoms with E-state index in [1.165, 1.54) is 6.08 Å². The number of hydrogen-bond acceptors (Lipinski definition) is 3. The lowest BCUT2D eigenvalue weighted by Crippen LogP contribution is -2.06. The maximum Gasteiger partial charge on any atom is 0.332 e. The fourth-order valence-electron chi connectivity index (χ4n) is 2.27. The first kappa shape index (κ1) is 16.0. The van der Waals surface area contributed by atoms with E-state index in [1.807, 2.05) is 72.8 Å². The monoisotopic (exact) mass is 336 g/mol. The number of hydrogen-bond donors (Lipinski definition) is 0. The zero-order valence-corrected chi connectivity index (χ0v) is 13.7. The average Bonchev–Trinajstić information content (AvgIpc) is 2.62. The van der Waals surface area contributed by atoms with Gasteiger partial charge in [-0.1, -0.05) is 78.9 Å². The molecule has 3 nitrogen and oxygen atoms in total. The molecule has 0 fully saturated rings. The Hall–Kier alpha value is -2.85. The molecule has 120 valence electrons. The van der Waals surface area contributed by atoms with Gasteiger partial charge in [0.1, 0.15) is 0 Å². The molecular formula is C20H16O3S. The Balaban J connectivity index is 1.87. The van der Waals surface area contributed by atoms with E-state index in [9.17, 15) is 8.42 Å². The highest BCUT2D eigenvalue weighted by atomic mass is 32.2. The van der Waals surface area contributed by atoms with Crippen LogP contribution in [0.2, 0.25) is 0 Å². The second-order valence-electron chi connectivity index (χ2n) is 5.15. The van der Waals surface area contributed by atoms with Gasteiger partial charge in [0.15, 0.2) is 5.75 Å². The molecule has 0 aliphatic heterocycles. The van der Waals surface area contributed by atoms with Crippen molar-refractivity contribution in [3.8, 4) is 16.9 Å². The normalized spacial score (nSPS) is 11.5. The van der Waals surface area contributed by atoms with E-state index in [2.05, 4.69) is 0 Å². The molecule has 0 atom stereocenters. The molecule has 0 saturated carbocycles. The summed E-state index contributed by atoms with van der Waals surface area (Å²) >= 11 is 0. The van der Waals surface area contributed by atoms with Crippen LogP contribution in [0, 0.1) is 0 Å². The van der Waals surface area contributed by atoms with E-state index < -0.39 is 10.1 Å². The van der Waals surface area contributed by atoms with Crippen molar-refractivity contribution in [2.24, 2.45) is 0 Å². The van der Waals surface area contributed by atoms with Crippen LogP contribution < -0.4 is 4.18 Å². The van der Waals surface area contributed by atoms with Crippen molar-refractivity contribution in [3.63, 3.8) is 0 Å². The van der Waals surface area contributed by atoms with Crippen LogP contribution in [0.15, 0.2) is 90.3 Å². The number of para-hydroxylation sites is 1. The molecule has 0 bridgehead atoms. The van der Waals surface area contributed by atoms with Crippen molar-refractivity contribution >= 4 is 16.2 Å². The fourth-order valence-corrected chi connectivity index (χ4v) is 3.05. The van der Waals surface area contributed by atoms with Gasteiger partial charge < -0.3 is 4.18 Å². The van der Waals surface area contributed by atoms with E-state index in [-0.39, 0.29) is 0 Å². The number of rotatable bonds is 5. The molecule has 0 aliphatic rings. The molecule has 3 aromatic carbocycles. The topological polar surface area (TPSA) is 43.4 Å². The Morgan fingerprint density at radius 3 is 2.00 bits per heavy atom. The third kappa shape index (κ3) is 4.12. The molecule has 24 heavy (non-hydrogen) atoms. The lowest BCUT2D eigenvalue weighted by atomic mass is 10.1. The Morgan fingerprint density at radius 1 is 0.708 bits per heavy atom. The minimum Gasteiger partial charge on any atom is -0.379 e. The van der Waals surface area contributed by atoms with Crippen LogP contribution >= 0.6 is 0 Å². The predicted octanol–water partition coefficient (Wildman–Crippen LogP) is 4.73. The standard InChI is InChI=1S/C20H16O3S/c21-24(22,16-15-17-9-3-1-4-10-17)23-20-14-8-7-13-19(20)18-11-5-2-6-12-18/h1-16H/b16-15+. The molecule has 0 aromatic heterocycles. The zero-order chi connectivity index (χ0) is 16.8. The lowest BCUT2D eigenvalue weighted by molar-refractivity contribution is 0.498. The molecule has 3 aromatic rings. The van der Waals surface area contributed by atoms with Gasteiger partial charge in [-0.15, -0.1) is 0 Å². The molecular weight excluding hydrogens is 320 g/mol. The van der Waals surface area contributed by atoms with E-state index in [1.54, 1.807) is 12.1 Å². The molecule has 0 radical (unpaired) electrons. The van der Waals surface area contributed by atoms with Crippen LogP contribution in [0.1, 0.15) is 5.56 Å². The third-order valence-corrected chi connectivity index (χ3v) is 4.29. The molecule has 0 spiro atoms. The van der Waals surface area contributed by atoms with Crippen LogP contribution in [-0.2, 0) is 10.1 Å². The van der Waals surface area contributed by atoms with Gasteiger partial charge in [0.05, 0.1) is 5.41 Å². The number of benzene rings is 3. The van der Waals surface area contributed by atoms with E-state index in [0.29, 0.717) is 5.75 Å². The molecule has 0 N–H and O–H groups in total. The third-order valence-electron chi connectivity index (χ3n) is 3.40. The van der Waals surface area contributed by atoms with E-state index in [0.717, 1.165) is 22.1 Å². The van der Waals surface area contributed by atoms with Crippen molar-refractivity contribution in [3.05, 3.63) is 95.9 Å². The van der Waals surface area contributed by atoms with Gasteiger partial charge in [0.25, 0.3) is 0 Å². The van der Waals surface area contributed by atoms with Crippen molar-refractivity contribution < 1.29 is 12.6 Å². The van der Waals surface area contributed by atoms with Gasteiger partial charge in [0, 0.05) is 5.56 Å². The highest BCUT2D eigenvalue weighted by molar-refractivity contribution is 7.90. The van der Waals surface area contributed by atoms with Gasteiger partial charge in [-0.05, 0) is 23.3 Å². The fraction of sp³-hybridized carbons (Fsp3) is 0. The highest BCUT2D eigenvalue weighted by Gasteiger charge is 2.12. The summed E-state index contributed by atoms with van der Waals surface area (Å²) in [5.74, 6) is 0.307. The Bertz CT molecular complexity index is 931. The molecule has 0 heterocycles. The zero-order valence-electron chi connectivity index (χ0n) is 12.9. The van der Waals surface area contributed by atoms with Crippen LogP contribution in [0.3, 0.4) is 0 Å². The molecule has 0 saturated heterocycles. The van der Waals surface area contributed by atoms with Gasteiger partial charge in [-0.25, -0.2) is 0 Å². The predicted molar refractivity (Wildman–Crippen MR) is 96.9 cm³/mol. The summed E-state index contributed by atoms with van der Waals surface area (Å²) in [5, 5.41) is 1.07. The first-order valence-corrected chi connectivity index (χ1v) is 8.93. The SMILES string of the molecule is O=S(=O)(/C=C/c1ccccc1)Oc1ccccc1-c1ccccc1. The largest absolute Gasteiger partial charge is 0.379 e. The quantitative estimate of drug-likeness (QED) is 0.633. The minimum atomic E-state index is -3.84. The summed E-state index contributed by atoms with van der Waals surface area (Å²) in [7, 11) is -3.84. The van der Waals surface area contributed by atoms with Crippen LogP contribution in [0.5, 0.6) is 5.75 Å². The van der Waals surface area contributed by atoms with Crippen LogP contribution in [0.25, 0.3) is 17.2 Å². The summed E-state index contributed by atoms with van der Waals surface area (Å²) in [5.41, 5.74) is 2.42. The Morgan fingerprint density at radius 2 is 1.29 bits per heavy atom. The maximum absolute atomic E-state index is 12.2. The Kier molecular flexibility index (Phi) is 4.77. The first-order chi connectivity index (χ1) is 11.6. The Labute approximate surface area is 142 Å². The molecule has 4 heteroatoms.